The first-order valence-electron chi connectivity index (χ1n) is 10.2. The van der Waals surface area contributed by atoms with E-state index in [1.807, 2.05) is 68.4 Å². The summed E-state index contributed by atoms with van der Waals surface area (Å²) in [5.74, 6) is -0.796. The van der Waals surface area contributed by atoms with Gasteiger partial charge in [-0.2, -0.15) is 0 Å². The van der Waals surface area contributed by atoms with E-state index in [1.165, 1.54) is 0 Å². The Bertz CT molecular complexity index is 801. The average Bonchev–Trinajstić information content (AvgIpc) is 2.73. The Labute approximate surface area is 193 Å². The smallest absolute Gasteiger partial charge is 0.489 e. The predicted molar refractivity (Wildman–Crippen MR) is 124 cm³/mol. The highest BCUT2D eigenvalue weighted by atomic mass is 16.5. The monoisotopic (exact) mass is 464 g/mol. The third-order valence-electron chi connectivity index (χ3n) is 3.99. The summed E-state index contributed by atoms with van der Waals surface area (Å²) in [5.41, 5.74) is 12.7. The number of nitrogens with two attached hydrogens (primary N) is 2. The molecule has 0 aliphatic heterocycles. The van der Waals surface area contributed by atoms with Crippen LogP contribution in [0.3, 0.4) is 0 Å². The third-order valence-corrected chi connectivity index (χ3v) is 3.99. The number of hydrogen-bond acceptors (Lipinski definition) is 8. The Hall–Kier alpha value is -2.96. The highest BCUT2D eigenvalue weighted by molar-refractivity contribution is 6.30. The van der Waals surface area contributed by atoms with Crippen LogP contribution in [0.25, 0.3) is 0 Å². The SMILES string of the molecule is CC(C)CC(N)C(=O)O.NC(Cc1ccc(OCc2ccccc2)cc1)C(=O)O.OB(O)O. The molecule has 0 bridgehead atoms. The number of aliphatic carboxylic acids is 2. The van der Waals surface area contributed by atoms with Gasteiger partial charge >= 0.3 is 19.3 Å². The van der Waals surface area contributed by atoms with E-state index in [2.05, 4.69) is 0 Å². The van der Waals surface area contributed by atoms with Gasteiger partial charge in [0.1, 0.15) is 24.4 Å². The second-order valence-electron chi connectivity index (χ2n) is 7.49. The normalized spacial score (nSPS) is 11.8. The van der Waals surface area contributed by atoms with Crippen LogP contribution in [-0.2, 0) is 22.6 Å². The maximum absolute atomic E-state index is 10.7. The number of carbonyl (C=O) groups is 2. The van der Waals surface area contributed by atoms with E-state index in [-0.39, 0.29) is 0 Å². The van der Waals surface area contributed by atoms with E-state index >= 15 is 0 Å². The van der Waals surface area contributed by atoms with Crippen molar-refractivity contribution in [1.29, 1.82) is 0 Å². The van der Waals surface area contributed by atoms with Gasteiger partial charge in [-0.25, -0.2) is 0 Å². The van der Waals surface area contributed by atoms with Crippen molar-refractivity contribution >= 4 is 19.3 Å². The molecule has 0 spiro atoms. The quantitative estimate of drug-likeness (QED) is 0.258. The van der Waals surface area contributed by atoms with Crippen LogP contribution >= 0.6 is 0 Å². The molecule has 2 unspecified atom stereocenters. The van der Waals surface area contributed by atoms with E-state index in [0.29, 0.717) is 25.4 Å². The van der Waals surface area contributed by atoms with Crippen LogP contribution in [0.5, 0.6) is 5.75 Å². The van der Waals surface area contributed by atoms with Gasteiger partial charge in [0.05, 0.1) is 0 Å². The first-order valence-corrected chi connectivity index (χ1v) is 10.2. The van der Waals surface area contributed by atoms with Gasteiger partial charge in [0.2, 0.25) is 0 Å². The molecule has 0 aliphatic rings. The molecule has 2 atom stereocenters. The predicted octanol–water partition coefficient (Wildman–Crippen LogP) is 0.613. The Balaban J connectivity index is 0.000000657. The Morgan fingerprint density at radius 2 is 1.33 bits per heavy atom. The Kier molecular flexibility index (Phi) is 15.2. The molecule has 2 aromatic rings. The molecule has 0 fully saturated rings. The number of carboxylic acids is 2. The minimum absolute atomic E-state index is 0.314. The molecule has 2 rings (SSSR count). The van der Waals surface area contributed by atoms with Gasteiger partial charge in [0.15, 0.2) is 0 Å². The molecule has 11 heteroatoms. The molecular formula is C22H33BN2O8. The second-order valence-corrected chi connectivity index (χ2v) is 7.49. The number of carboxylic acid groups (broad SMARTS) is 2. The van der Waals surface area contributed by atoms with Crippen LogP contribution < -0.4 is 16.2 Å². The first-order chi connectivity index (χ1) is 15.4. The van der Waals surface area contributed by atoms with E-state index in [1.54, 1.807) is 0 Å². The van der Waals surface area contributed by atoms with Crippen molar-refractivity contribution in [3.63, 3.8) is 0 Å². The van der Waals surface area contributed by atoms with Crippen LogP contribution in [0.4, 0.5) is 0 Å². The van der Waals surface area contributed by atoms with Crippen molar-refractivity contribution in [1.82, 2.24) is 0 Å². The van der Waals surface area contributed by atoms with Crippen molar-refractivity contribution in [2.45, 2.75) is 45.4 Å². The van der Waals surface area contributed by atoms with Gasteiger partial charge < -0.3 is 41.5 Å². The zero-order valence-electron chi connectivity index (χ0n) is 18.7. The third kappa shape index (κ3) is 16.4. The van der Waals surface area contributed by atoms with Crippen LogP contribution in [0.2, 0.25) is 0 Å². The molecule has 0 aromatic heterocycles. The van der Waals surface area contributed by atoms with Gasteiger partial charge in [-0.05, 0) is 42.0 Å². The molecule has 33 heavy (non-hydrogen) atoms. The second kappa shape index (κ2) is 16.6. The fourth-order valence-electron chi connectivity index (χ4n) is 2.41. The molecule has 0 aliphatic carbocycles. The van der Waals surface area contributed by atoms with Crippen molar-refractivity contribution < 1.29 is 39.6 Å². The molecule has 2 aromatic carbocycles. The standard InChI is InChI=1S/C16H17NO3.C6H13NO2.BH3O3/c17-15(16(18)19)10-12-6-8-14(9-7-12)20-11-13-4-2-1-3-5-13;1-4(2)3-5(7)6(8)9;2-1(3)4/h1-9,15H,10-11,17H2,(H,18,19);4-5H,3,7H2,1-2H3,(H,8,9);2-4H. The van der Waals surface area contributed by atoms with Crippen LogP contribution in [0.1, 0.15) is 31.4 Å². The lowest BCUT2D eigenvalue weighted by atomic mass is 10.1. The van der Waals surface area contributed by atoms with Crippen LogP contribution in [0, 0.1) is 5.92 Å². The lowest BCUT2D eigenvalue weighted by Gasteiger charge is -2.09. The van der Waals surface area contributed by atoms with E-state index in [4.69, 9.17) is 41.5 Å². The fourth-order valence-corrected chi connectivity index (χ4v) is 2.41. The zero-order chi connectivity index (χ0) is 25.4. The molecule has 10 nitrogen and oxygen atoms in total. The minimum atomic E-state index is -2.17. The molecule has 0 saturated carbocycles. The molecule has 0 radical (unpaired) electrons. The largest absolute Gasteiger partial charge is 0.631 e. The lowest BCUT2D eigenvalue weighted by Crippen LogP contribution is -2.32. The van der Waals surface area contributed by atoms with Gasteiger partial charge in [-0.3, -0.25) is 9.59 Å². The zero-order valence-corrected chi connectivity index (χ0v) is 18.7. The van der Waals surface area contributed by atoms with Crippen molar-refractivity contribution in [3.05, 3.63) is 65.7 Å². The molecule has 9 N–H and O–H groups in total. The average molecular weight is 464 g/mol. The van der Waals surface area contributed by atoms with Gasteiger partial charge in [0, 0.05) is 0 Å². The van der Waals surface area contributed by atoms with Crippen LogP contribution in [0.15, 0.2) is 54.6 Å². The first kappa shape index (κ1) is 30.0. The summed E-state index contributed by atoms with van der Waals surface area (Å²) in [4.78, 5) is 20.8. The summed E-state index contributed by atoms with van der Waals surface area (Å²) in [7, 11) is -2.17. The lowest BCUT2D eigenvalue weighted by molar-refractivity contribution is -0.139. The van der Waals surface area contributed by atoms with Gasteiger partial charge in [-0.1, -0.05) is 56.3 Å². The highest BCUT2D eigenvalue weighted by Crippen LogP contribution is 2.15. The summed E-state index contributed by atoms with van der Waals surface area (Å²) >= 11 is 0. The summed E-state index contributed by atoms with van der Waals surface area (Å²) < 4.78 is 5.65. The summed E-state index contributed by atoms with van der Waals surface area (Å²) in [6.45, 7) is 4.40. The summed E-state index contributed by atoms with van der Waals surface area (Å²) in [6.07, 6.45) is 0.865. The molecule has 0 heterocycles. The molecular weight excluding hydrogens is 431 g/mol. The highest BCUT2D eigenvalue weighted by Gasteiger charge is 2.12. The minimum Gasteiger partial charge on any atom is -0.489 e. The van der Waals surface area contributed by atoms with Gasteiger partial charge in [-0.15, -0.1) is 0 Å². The molecule has 0 saturated heterocycles. The van der Waals surface area contributed by atoms with Crippen molar-refractivity contribution in [2.24, 2.45) is 17.4 Å². The summed E-state index contributed by atoms with van der Waals surface area (Å²) in [5, 5.41) is 38.6. The number of hydrogen-bond donors (Lipinski definition) is 7. The fraction of sp³-hybridized carbons (Fsp3) is 0.364. The Morgan fingerprint density at radius 1 is 0.848 bits per heavy atom. The number of ether oxygens (including phenoxy) is 1. The number of benzene rings is 2. The van der Waals surface area contributed by atoms with E-state index in [0.717, 1.165) is 16.9 Å². The summed E-state index contributed by atoms with van der Waals surface area (Å²) in [6, 6.07) is 15.7. The maximum atomic E-state index is 10.7. The number of rotatable bonds is 9. The molecule has 182 valence electrons. The Morgan fingerprint density at radius 3 is 1.73 bits per heavy atom. The van der Waals surface area contributed by atoms with E-state index in [9.17, 15) is 9.59 Å². The van der Waals surface area contributed by atoms with Crippen molar-refractivity contribution in [3.8, 4) is 5.75 Å². The van der Waals surface area contributed by atoms with Gasteiger partial charge in [0.25, 0.3) is 0 Å². The maximum Gasteiger partial charge on any atom is 0.631 e. The topological polar surface area (TPSA) is 197 Å². The van der Waals surface area contributed by atoms with Crippen LogP contribution in [-0.4, -0.2) is 56.6 Å². The van der Waals surface area contributed by atoms with E-state index < -0.39 is 31.3 Å². The molecule has 0 amide bonds. The van der Waals surface area contributed by atoms with Crippen molar-refractivity contribution in [2.75, 3.05) is 0 Å².